The molecule has 0 saturated carbocycles. The van der Waals surface area contributed by atoms with Crippen LogP contribution in [0, 0.1) is 0 Å². The van der Waals surface area contributed by atoms with Gasteiger partial charge in [0.2, 0.25) is 5.91 Å². The topological polar surface area (TPSA) is 29.1 Å². The molecule has 2 nitrogen and oxygen atoms in total. The van der Waals surface area contributed by atoms with E-state index in [0.717, 1.165) is 12.0 Å². The number of hydrogen-bond donors (Lipinski definition) is 1. The van der Waals surface area contributed by atoms with Crippen LogP contribution >= 0.6 is 22.9 Å². The van der Waals surface area contributed by atoms with Gasteiger partial charge in [-0.1, -0.05) is 0 Å². The number of rotatable bonds is 5. The van der Waals surface area contributed by atoms with E-state index in [1.807, 2.05) is 23.8 Å². The Morgan fingerprint density at radius 3 is 3.07 bits per heavy atom. The summed E-state index contributed by atoms with van der Waals surface area (Å²) in [4.78, 5) is 11.4. The number of halogens is 1. The third-order valence-corrected chi connectivity index (χ3v) is 2.84. The van der Waals surface area contributed by atoms with Crippen molar-refractivity contribution in [1.82, 2.24) is 5.32 Å². The van der Waals surface area contributed by atoms with Gasteiger partial charge in [-0.25, -0.2) is 0 Å². The summed E-state index contributed by atoms with van der Waals surface area (Å²) in [6.07, 6.45) is 1.28. The van der Waals surface area contributed by atoms with Crippen LogP contribution in [0.5, 0.6) is 0 Å². The number of carbonyl (C=O) groups is 1. The molecule has 1 rings (SSSR count). The van der Waals surface area contributed by atoms with E-state index in [-0.39, 0.29) is 11.9 Å². The molecule has 0 aliphatic carbocycles. The molecule has 0 saturated heterocycles. The average Bonchev–Trinajstić information content (AvgIpc) is 2.56. The summed E-state index contributed by atoms with van der Waals surface area (Å²) in [5, 5.41) is 6.87. The van der Waals surface area contributed by atoms with E-state index in [1.165, 1.54) is 0 Å². The predicted molar refractivity (Wildman–Crippen MR) is 61.0 cm³/mol. The van der Waals surface area contributed by atoms with E-state index in [1.54, 1.807) is 11.3 Å². The SMILES string of the molecule is CC(CCCl)NC(=O)Cc1ccsc1. The number of thiophene rings is 1. The highest BCUT2D eigenvalue weighted by molar-refractivity contribution is 7.07. The monoisotopic (exact) mass is 231 g/mol. The summed E-state index contributed by atoms with van der Waals surface area (Å²) >= 11 is 7.18. The van der Waals surface area contributed by atoms with Crippen molar-refractivity contribution in [2.45, 2.75) is 25.8 Å². The molecule has 0 aromatic carbocycles. The highest BCUT2D eigenvalue weighted by Gasteiger charge is 2.07. The van der Waals surface area contributed by atoms with Gasteiger partial charge in [-0.3, -0.25) is 4.79 Å². The number of carbonyl (C=O) groups excluding carboxylic acids is 1. The van der Waals surface area contributed by atoms with Crippen molar-refractivity contribution >= 4 is 28.8 Å². The lowest BCUT2D eigenvalue weighted by Crippen LogP contribution is -2.33. The first kappa shape index (κ1) is 11.5. The first-order valence-corrected chi connectivity index (χ1v) is 6.06. The third-order valence-electron chi connectivity index (χ3n) is 1.89. The van der Waals surface area contributed by atoms with Gasteiger partial charge in [0.05, 0.1) is 6.42 Å². The number of hydrogen-bond acceptors (Lipinski definition) is 2. The molecule has 0 aliphatic rings. The van der Waals surface area contributed by atoms with Gasteiger partial charge in [-0.2, -0.15) is 11.3 Å². The molecule has 14 heavy (non-hydrogen) atoms. The fourth-order valence-electron chi connectivity index (χ4n) is 1.14. The van der Waals surface area contributed by atoms with E-state index < -0.39 is 0 Å². The van der Waals surface area contributed by atoms with E-state index in [2.05, 4.69) is 5.32 Å². The van der Waals surface area contributed by atoms with Crippen molar-refractivity contribution in [3.8, 4) is 0 Å². The lowest BCUT2D eigenvalue weighted by Gasteiger charge is -2.11. The van der Waals surface area contributed by atoms with Crippen LogP contribution in [-0.2, 0) is 11.2 Å². The molecular weight excluding hydrogens is 218 g/mol. The molecule has 1 unspecified atom stereocenters. The van der Waals surface area contributed by atoms with E-state index in [4.69, 9.17) is 11.6 Å². The lowest BCUT2D eigenvalue weighted by molar-refractivity contribution is -0.121. The van der Waals surface area contributed by atoms with Gasteiger partial charge in [0, 0.05) is 11.9 Å². The summed E-state index contributed by atoms with van der Waals surface area (Å²) in [6.45, 7) is 1.97. The molecule has 0 fully saturated rings. The van der Waals surface area contributed by atoms with E-state index in [0.29, 0.717) is 12.3 Å². The van der Waals surface area contributed by atoms with Gasteiger partial charge in [0.1, 0.15) is 0 Å². The molecule has 4 heteroatoms. The van der Waals surface area contributed by atoms with Crippen molar-refractivity contribution in [3.05, 3.63) is 22.4 Å². The standard InChI is InChI=1S/C10H14ClNOS/c1-8(2-4-11)12-10(13)6-9-3-5-14-7-9/h3,5,7-8H,2,4,6H2,1H3,(H,12,13). The molecule has 1 N–H and O–H groups in total. The van der Waals surface area contributed by atoms with Gasteiger partial charge in [0.25, 0.3) is 0 Å². The maximum Gasteiger partial charge on any atom is 0.224 e. The molecule has 0 spiro atoms. The van der Waals surface area contributed by atoms with Crippen LogP contribution in [0.15, 0.2) is 16.8 Å². The largest absolute Gasteiger partial charge is 0.353 e. The Morgan fingerprint density at radius 2 is 2.50 bits per heavy atom. The Morgan fingerprint density at radius 1 is 1.71 bits per heavy atom. The lowest BCUT2D eigenvalue weighted by atomic mass is 10.2. The number of alkyl halides is 1. The van der Waals surface area contributed by atoms with Crippen LogP contribution in [0.4, 0.5) is 0 Å². The number of amides is 1. The number of nitrogens with one attached hydrogen (secondary N) is 1. The van der Waals surface area contributed by atoms with Gasteiger partial charge in [-0.15, -0.1) is 11.6 Å². The van der Waals surface area contributed by atoms with E-state index >= 15 is 0 Å². The zero-order chi connectivity index (χ0) is 10.4. The molecule has 1 atom stereocenters. The summed E-state index contributed by atoms with van der Waals surface area (Å²) < 4.78 is 0. The second-order valence-electron chi connectivity index (χ2n) is 3.25. The zero-order valence-corrected chi connectivity index (χ0v) is 9.70. The first-order chi connectivity index (χ1) is 6.72. The Kier molecular flexibility index (Phi) is 4.98. The zero-order valence-electron chi connectivity index (χ0n) is 8.13. The quantitative estimate of drug-likeness (QED) is 0.775. The first-order valence-electron chi connectivity index (χ1n) is 4.58. The van der Waals surface area contributed by atoms with E-state index in [9.17, 15) is 4.79 Å². The highest BCUT2D eigenvalue weighted by Crippen LogP contribution is 2.06. The summed E-state index contributed by atoms with van der Waals surface area (Å²) in [6, 6.07) is 2.13. The minimum atomic E-state index is 0.0704. The molecule has 0 aliphatic heterocycles. The normalized spacial score (nSPS) is 12.4. The minimum absolute atomic E-state index is 0.0704. The summed E-state index contributed by atoms with van der Waals surface area (Å²) in [5.41, 5.74) is 1.07. The molecular formula is C10H14ClNOS. The van der Waals surface area contributed by atoms with Crippen molar-refractivity contribution in [1.29, 1.82) is 0 Å². The Hall–Kier alpha value is -0.540. The molecule has 1 aromatic rings. The Balaban J connectivity index is 2.29. The fraction of sp³-hybridized carbons (Fsp3) is 0.500. The fourth-order valence-corrected chi connectivity index (χ4v) is 2.14. The smallest absolute Gasteiger partial charge is 0.224 e. The van der Waals surface area contributed by atoms with Crippen LogP contribution in [0.25, 0.3) is 0 Å². The van der Waals surface area contributed by atoms with Gasteiger partial charge in [-0.05, 0) is 35.7 Å². The predicted octanol–water partition coefficient (Wildman–Crippen LogP) is 2.42. The van der Waals surface area contributed by atoms with Crippen LogP contribution in [-0.4, -0.2) is 17.8 Å². The highest BCUT2D eigenvalue weighted by atomic mass is 35.5. The molecule has 0 bridgehead atoms. The van der Waals surface area contributed by atoms with Gasteiger partial charge < -0.3 is 5.32 Å². The van der Waals surface area contributed by atoms with Crippen LogP contribution < -0.4 is 5.32 Å². The van der Waals surface area contributed by atoms with Crippen LogP contribution in [0.1, 0.15) is 18.9 Å². The average molecular weight is 232 g/mol. The summed E-state index contributed by atoms with van der Waals surface area (Å²) in [5.74, 6) is 0.654. The minimum Gasteiger partial charge on any atom is -0.353 e. The van der Waals surface area contributed by atoms with Crippen molar-refractivity contribution in [2.24, 2.45) is 0 Å². The molecule has 1 amide bonds. The van der Waals surface area contributed by atoms with Crippen molar-refractivity contribution in [3.63, 3.8) is 0 Å². The van der Waals surface area contributed by atoms with Crippen molar-refractivity contribution < 1.29 is 4.79 Å². The molecule has 1 aromatic heterocycles. The molecule has 78 valence electrons. The second-order valence-corrected chi connectivity index (χ2v) is 4.41. The maximum atomic E-state index is 11.4. The third kappa shape index (κ3) is 4.11. The van der Waals surface area contributed by atoms with Crippen molar-refractivity contribution in [2.75, 3.05) is 5.88 Å². The molecule has 1 heterocycles. The van der Waals surface area contributed by atoms with Gasteiger partial charge >= 0.3 is 0 Å². The molecule has 0 radical (unpaired) electrons. The Bertz CT molecular complexity index is 274. The van der Waals surface area contributed by atoms with Crippen LogP contribution in [0.3, 0.4) is 0 Å². The summed E-state index contributed by atoms with van der Waals surface area (Å²) in [7, 11) is 0. The van der Waals surface area contributed by atoms with Gasteiger partial charge in [0.15, 0.2) is 0 Å². The second kappa shape index (κ2) is 6.04. The van der Waals surface area contributed by atoms with Crippen LogP contribution in [0.2, 0.25) is 0 Å². The Labute approximate surface area is 93.3 Å². The maximum absolute atomic E-state index is 11.4.